The van der Waals surface area contributed by atoms with Crippen molar-refractivity contribution in [3.05, 3.63) is 0 Å². The van der Waals surface area contributed by atoms with Crippen molar-refractivity contribution in [2.24, 2.45) is 5.73 Å². The van der Waals surface area contributed by atoms with E-state index < -0.39 is 0 Å². The summed E-state index contributed by atoms with van der Waals surface area (Å²) in [7, 11) is 4.42. The predicted octanol–water partition coefficient (Wildman–Crippen LogP) is 1.14. The van der Waals surface area contributed by atoms with E-state index in [2.05, 4.69) is 30.8 Å². The zero-order valence-electron chi connectivity index (χ0n) is 10.6. The second kappa shape index (κ2) is 6.46. The minimum Gasteiger partial charge on any atom is -0.329 e. The molecule has 0 aliphatic heterocycles. The molecule has 2 atom stereocenters. The highest BCUT2D eigenvalue weighted by molar-refractivity contribution is 4.87. The first-order valence-corrected chi connectivity index (χ1v) is 6.31. The summed E-state index contributed by atoms with van der Waals surface area (Å²) in [6, 6.07) is 1.45. The molecule has 0 aromatic rings. The summed E-state index contributed by atoms with van der Waals surface area (Å²) in [5, 5.41) is 0. The van der Waals surface area contributed by atoms with Crippen molar-refractivity contribution in [1.82, 2.24) is 9.80 Å². The van der Waals surface area contributed by atoms with Gasteiger partial charge in [0, 0.05) is 25.2 Å². The van der Waals surface area contributed by atoms with Crippen LogP contribution in [0.25, 0.3) is 0 Å². The van der Waals surface area contributed by atoms with Crippen LogP contribution in [0, 0.1) is 0 Å². The van der Waals surface area contributed by atoms with Gasteiger partial charge in [0.1, 0.15) is 0 Å². The molecule has 0 bridgehead atoms. The number of hydrogen-bond donors (Lipinski definition) is 1. The van der Waals surface area contributed by atoms with Gasteiger partial charge in [-0.15, -0.1) is 0 Å². The Labute approximate surface area is 94.6 Å². The summed E-state index contributed by atoms with van der Waals surface area (Å²) in [6.45, 7) is 5.21. The van der Waals surface area contributed by atoms with Gasteiger partial charge >= 0.3 is 0 Å². The molecule has 2 unspecified atom stereocenters. The highest BCUT2D eigenvalue weighted by atomic mass is 15.2. The Morgan fingerprint density at radius 2 is 1.73 bits per heavy atom. The topological polar surface area (TPSA) is 32.5 Å². The molecule has 0 amide bonds. The Hall–Kier alpha value is -0.120. The van der Waals surface area contributed by atoms with Gasteiger partial charge in [-0.1, -0.05) is 19.8 Å². The Morgan fingerprint density at radius 3 is 2.20 bits per heavy atom. The Bertz CT molecular complexity index is 170. The molecule has 0 aromatic heterocycles. The van der Waals surface area contributed by atoms with E-state index in [-0.39, 0.29) is 0 Å². The maximum atomic E-state index is 5.68. The van der Waals surface area contributed by atoms with Crippen LogP contribution in [0.5, 0.6) is 0 Å². The first-order valence-electron chi connectivity index (χ1n) is 6.31. The van der Waals surface area contributed by atoms with Gasteiger partial charge in [-0.25, -0.2) is 0 Å². The molecular weight excluding hydrogens is 186 g/mol. The highest BCUT2D eigenvalue weighted by Gasteiger charge is 2.30. The highest BCUT2D eigenvalue weighted by Crippen LogP contribution is 2.25. The zero-order chi connectivity index (χ0) is 11.3. The average molecular weight is 213 g/mol. The first-order chi connectivity index (χ1) is 7.20. The third-order valence-corrected chi connectivity index (χ3v) is 3.65. The molecule has 90 valence electrons. The van der Waals surface area contributed by atoms with Crippen LogP contribution in [0.15, 0.2) is 0 Å². The second-order valence-corrected chi connectivity index (χ2v) is 4.80. The number of hydrogen-bond acceptors (Lipinski definition) is 3. The molecule has 1 aliphatic carbocycles. The van der Waals surface area contributed by atoms with Crippen LogP contribution >= 0.6 is 0 Å². The summed E-state index contributed by atoms with van der Waals surface area (Å²) in [4.78, 5) is 4.95. The van der Waals surface area contributed by atoms with Crippen molar-refractivity contribution in [2.45, 2.75) is 44.7 Å². The van der Waals surface area contributed by atoms with Crippen molar-refractivity contribution < 1.29 is 0 Å². The van der Waals surface area contributed by atoms with Crippen LogP contribution in [0.2, 0.25) is 0 Å². The molecule has 0 radical (unpaired) electrons. The van der Waals surface area contributed by atoms with Crippen LogP contribution in [-0.2, 0) is 0 Å². The normalized spacial score (nSPS) is 27.6. The average Bonchev–Trinajstić information content (AvgIpc) is 2.26. The Balaban J connectivity index is 2.60. The van der Waals surface area contributed by atoms with Crippen LogP contribution in [-0.4, -0.2) is 55.6 Å². The lowest BCUT2D eigenvalue weighted by atomic mass is 9.88. The van der Waals surface area contributed by atoms with Gasteiger partial charge in [0.15, 0.2) is 0 Å². The van der Waals surface area contributed by atoms with Crippen molar-refractivity contribution in [3.8, 4) is 0 Å². The molecule has 1 saturated carbocycles. The van der Waals surface area contributed by atoms with Gasteiger partial charge in [0.25, 0.3) is 0 Å². The minimum atomic E-state index is 0.724. The zero-order valence-corrected chi connectivity index (χ0v) is 10.6. The quantitative estimate of drug-likeness (QED) is 0.743. The van der Waals surface area contributed by atoms with E-state index in [0.29, 0.717) is 0 Å². The van der Waals surface area contributed by atoms with E-state index in [4.69, 9.17) is 5.73 Å². The second-order valence-electron chi connectivity index (χ2n) is 4.80. The van der Waals surface area contributed by atoms with Gasteiger partial charge in [-0.2, -0.15) is 0 Å². The van der Waals surface area contributed by atoms with E-state index in [0.717, 1.165) is 31.7 Å². The van der Waals surface area contributed by atoms with Gasteiger partial charge in [0.05, 0.1) is 0 Å². The molecule has 1 aliphatic rings. The predicted molar refractivity (Wildman–Crippen MR) is 66.0 cm³/mol. The van der Waals surface area contributed by atoms with E-state index in [1.807, 2.05) is 0 Å². The van der Waals surface area contributed by atoms with E-state index in [9.17, 15) is 0 Å². The molecule has 1 rings (SSSR count). The third kappa shape index (κ3) is 3.44. The SMILES string of the molecule is CCN(CCN)C1CCCCC1N(C)C. The number of rotatable bonds is 5. The summed E-state index contributed by atoms with van der Waals surface area (Å²) in [5.41, 5.74) is 5.68. The largest absolute Gasteiger partial charge is 0.329 e. The lowest BCUT2D eigenvalue weighted by Crippen LogP contribution is -2.52. The fraction of sp³-hybridized carbons (Fsp3) is 1.00. The van der Waals surface area contributed by atoms with Crippen LogP contribution < -0.4 is 5.73 Å². The van der Waals surface area contributed by atoms with Crippen molar-refractivity contribution in [3.63, 3.8) is 0 Å². The van der Waals surface area contributed by atoms with E-state index in [1.54, 1.807) is 0 Å². The fourth-order valence-electron chi connectivity index (χ4n) is 2.84. The van der Waals surface area contributed by atoms with Crippen molar-refractivity contribution >= 4 is 0 Å². The molecular formula is C12H27N3. The summed E-state index contributed by atoms with van der Waals surface area (Å²) in [5.74, 6) is 0. The first kappa shape index (κ1) is 12.9. The third-order valence-electron chi connectivity index (χ3n) is 3.65. The molecule has 0 saturated heterocycles. The standard InChI is InChI=1S/C12H27N3/c1-4-15(10-9-13)12-8-6-5-7-11(12)14(2)3/h11-12H,4-10,13H2,1-3H3. The number of nitrogens with zero attached hydrogens (tertiary/aromatic N) is 2. The molecule has 15 heavy (non-hydrogen) atoms. The summed E-state index contributed by atoms with van der Waals surface area (Å²) >= 11 is 0. The monoisotopic (exact) mass is 213 g/mol. The van der Waals surface area contributed by atoms with Crippen molar-refractivity contribution in [1.29, 1.82) is 0 Å². The Morgan fingerprint density at radius 1 is 1.13 bits per heavy atom. The lowest BCUT2D eigenvalue weighted by Gasteiger charge is -2.42. The van der Waals surface area contributed by atoms with Crippen molar-refractivity contribution in [2.75, 3.05) is 33.7 Å². The lowest BCUT2D eigenvalue weighted by molar-refractivity contribution is 0.0796. The van der Waals surface area contributed by atoms with E-state index >= 15 is 0 Å². The van der Waals surface area contributed by atoms with Gasteiger partial charge in [-0.05, 0) is 33.5 Å². The molecule has 0 spiro atoms. The summed E-state index contributed by atoms with van der Waals surface area (Å²) in [6.07, 6.45) is 5.46. The molecule has 3 heteroatoms. The van der Waals surface area contributed by atoms with Crippen LogP contribution in [0.4, 0.5) is 0 Å². The van der Waals surface area contributed by atoms with E-state index in [1.165, 1.54) is 25.7 Å². The number of likely N-dealkylation sites (N-methyl/N-ethyl adjacent to an activating group) is 2. The smallest absolute Gasteiger partial charge is 0.0251 e. The van der Waals surface area contributed by atoms with Gasteiger partial charge < -0.3 is 10.6 Å². The molecule has 0 heterocycles. The molecule has 3 nitrogen and oxygen atoms in total. The maximum Gasteiger partial charge on any atom is 0.0251 e. The molecule has 1 fully saturated rings. The minimum absolute atomic E-state index is 0.724. The van der Waals surface area contributed by atoms with Gasteiger partial charge in [0.2, 0.25) is 0 Å². The van der Waals surface area contributed by atoms with Gasteiger partial charge in [-0.3, -0.25) is 4.90 Å². The molecule has 0 aromatic carbocycles. The number of nitrogens with two attached hydrogens (primary N) is 1. The van der Waals surface area contributed by atoms with Crippen LogP contribution in [0.3, 0.4) is 0 Å². The Kier molecular flexibility index (Phi) is 5.58. The maximum absolute atomic E-state index is 5.68. The van der Waals surface area contributed by atoms with Crippen LogP contribution in [0.1, 0.15) is 32.6 Å². The fourth-order valence-corrected chi connectivity index (χ4v) is 2.84. The summed E-state index contributed by atoms with van der Waals surface area (Å²) < 4.78 is 0. The molecule has 2 N–H and O–H groups in total.